The lowest BCUT2D eigenvalue weighted by Gasteiger charge is -2.14. The van der Waals surface area contributed by atoms with E-state index >= 15 is 0 Å². The first-order valence-corrected chi connectivity index (χ1v) is 7.68. The van der Waals surface area contributed by atoms with Gasteiger partial charge < -0.3 is 4.74 Å². The molecule has 1 saturated carbocycles. The number of carbonyl (C=O) groups is 1. The third-order valence-electron chi connectivity index (χ3n) is 4.63. The summed E-state index contributed by atoms with van der Waals surface area (Å²) in [6, 6.07) is 6.42. The number of carbonyl (C=O) groups excluding carboxylic acids is 1. The quantitative estimate of drug-likeness (QED) is 0.755. The largest absolute Gasteiger partial charge is 0.489 e. The number of ether oxygens (including phenoxy) is 1. The Labute approximate surface area is 120 Å². The Morgan fingerprint density at radius 2 is 2.30 bits per heavy atom. The van der Waals surface area contributed by atoms with Crippen molar-refractivity contribution in [2.45, 2.75) is 51.0 Å². The van der Waals surface area contributed by atoms with Gasteiger partial charge in [0, 0.05) is 23.8 Å². The van der Waals surface area contributed by atoms with E-state index in [1.807, 2.05) is 6.08 Å². The van der Waals surface area contributed by atoms with Crippen molar-refractivity contribution in [3.63, 3.8) is 0 Å². The summed E-state index contributed by atoms with van der Waals surface area (Å²) < 4.78 is 6.15. The van der Waals surface area contributed by atoms with Gasteiger partial charge >= 0.3 is 0 Å². The fraction of sp³-hybridized carbons (Fsp3) is 0.500. The fourth-order valence-electron chi connectivity index (χ4n) is 3.65. The standard InChI is InChI=1S/C18H22O2/c1-3-5-8-12-9-6-10-14-17-13(7-4-2)15(19)11-16(17)20-18(12)14/h4,6,9-10,13,16-17H,2-3,5,7-8,11H2,1H3/t13-,16-,17-/m0/s1. The Morgan fingerprint density at radius 1 is 1.45 bits per heavy atom. The number of aryl methyl sites for hydroxylation is 1. The number of unbranched alkanes of at least 4 members (excludes halogenated alkanes) is 1. The Bertz CT molecular complexity index is 532. The van der Waals surface area contributed by atoms with Crippen molar-refractivity contribution in [3.05, 3.63) is 42.0 Å². The van der Waals surface area contributed by atoms with Crippen LogP contribution in [0.5, 0.6) is 5.75 Å². The maximum atomic E-state index is 12.1. The number of benzene rings is 1. The number of fused-ring (bicyclic) bond motifs is 3. The van der Waals surface area contributed by atoms with Crippen LogP contribution in [0.15, 0.2) is 30.9 Å². The van der Waals surface area contributed by atoms with Crippen molar-refractivity contribution in [1.29, 1.82) is 0 Å². The molecule has 0 saturated heterocycles. The molecular weight excluding hydrogens is 248 g/mol. The summed E-state index contributed by atoms with van der Waals surface area (Å²) in [5, 5.41) is 0. The highest BCUT2D eigenvalue weighted by atomic mass is 16.5. The summed E-state index contributed by atoms with van der Waals surface area (Å²) in [7, 11) is 0. The zero-order chi connectivity index (χ0) is 14.1. The molecule has 2 aliphatic rings. The highest BCUT2D eigenvalue weighted by molar-refractivity contribution is 5.86. The minimum Gasteiger partial charge on any atom is -0.489 e. The van der Waals surface area contributed by atoms with E-state index in [0.29, 0.717) is 12.2 Å². The van der Waals surface area contributed by atoms with E-state index in [9.17, 15) is 4.79 Å². The molecule has 1 aliphatic carbocycles. The number of Topliss-reactive ketones (excluding diaryl/α,β-unsaturated/α-hetero) is 1. The van der Waals surface area contributed by atoms with Crippen LogP contribution in [0.2, 0.25) is 0 Å². The Balaban J connectivity index is 1.93. The maximum absolute atomic E-state index is 12.1. The lowest BCUT2D eigenvalue weighted by atomic mass is 9.85. The smallest absolute Gasteiger partial charge is 0.140 e. The van der Waals surface area contributed by atoms with Crippen LogP contribution in [0.25, 0.3) is 0 Å². The first-order valence-electron chi connectivity index (χ1n) is 7.68. The monoisotopic (exact) mass is 270 g/mol. The molecule has 20 heavy (non-hydrogen) atoms. The van der Waals surface area contributed by atoms with E-state index in [1.54, 1.807) is 0 Å². The van der Waals surface area contributed by atoms with Gasteiger partial charge in [-0.15, -0.1) is 6.58 Å². The molecule has 106 valence electrons. The zero-order valence-electron chi connectivity index (χ0n) is 12.1. The van der Waals surface area contributed by atoms with Crippen molar-refractivity contribution in [2.24, 2.45) is 5.92 Å². The molecule has 3 atom stereocenters. The topological polar surface area (TPSA) is 26.3 Å². The molecule has 0 bridgehead atoms. The molecule has 3 rings (SSSR count). The molecule has 1 aromatic rings. The molecule has 0 aromatic heterocycles. The van der Waals surface area contributed by atoms with Crippen LogP contribution in [0.3, 0.4) is 0 Å². The first-order chi connectivity index (χ1) is 9.76. The molecule has 1 aromatic carbocycles. The molecule has 1 aliphatic heterocycles. The van der Waals surface area contributed by atoms with Crippen LogP contribution in [-0.4, -0.2) is 11.9 Å². The fourth-order valence-corrected chi connectivity index (χ4v) is 3.65. The SMILES string of the molecule is C=CC[C@H]1C(=O)C[C@@H]2Oc3c(CCCC)cccc3[C@@H]21. The molecule has 2 nitrogen and oxygen atoms in total. The van der Waals surface area contributed by atoms with Crippen molar-refractivity contribution < 1.29 is 9.53 Å². The van der Waals surface area contributed by atoms with Crippen molar-refractivity contribution in [1.82, 2.24) is 0 Å². The van der Waals surface area contributed by atoms with E-state index in [0.717, 1.165) is 18.6 Å². The van der Waals surface area contributed by atoms with Gasteiger partial charge in [-0.1, -0.05) is 37.6 Å². The minimum absolute atomic E-state index is 0.0604. The highest BCUT2D eigenvalue weighted by Gasteiger charge is 2.49. The number of ketones is 1. The van der Waals surface area contributed by atoms with Gasteiger partial charge in [-0.3, -0.25) is 4.79 Å². The number of allylic oxidation sites excluding steroid dienone is 1. The molecule has 1 fully saturated rings. The van der Waals surface area contributed by atoms with Crippen LogP contribution in [0.4, 0.5) is 0 Å². The molecule has 0 spiro atoms. The molecule has 2 heteroatoms. The zero-order valence-corrected chi connectivity index (χ0v) is 12.1. The van der Waals surface area contributed by atoms with Crippen LogP contribution in [-0.2, 0) is 11.2 Å². The lowest BCUT2D eigenvalue weighted by Crippen LogP contribution is -2.15. The summed E-state index contributed by atoms with van der Waals surface area (Å²) >= 11 is 0. The van der Waals surface area contributed by atoms with Crippen LogP contribution in [0.1, 0.15) is 49.7 Å². The molecule has 1 heterocycles. The summed E-state index contributed by atoms with van der Waals surface area (Å²) in [5.74, 6) is 1.72. The lowest BCUT2D eigenvalue weighted by molar-refractivity contribution is -0.121. The summed E-state index contributed by atoms with van der Waals surface area (Å²) in [5.41, 5.74) is 2.56. The van der Waals surface area contributed by atoms with Gasteiger partial charge in [-0.05, 0) is 24.8 Å². The Hall–Kier alpha value is -1.57. The van der Waals surface area contributed by atoms with Gasteiger partial charge in [0.2, 0.25) is 0 Å². The molecule has 0 amide bonds. The van der Waals surface area contributed by atoms with Gasteiger partial charge in [0.05, 0.1) is 0 Å². The van der Waals surface area contributed by atoms with E-state index in [2.05, 4.69) is 31.7 Å². The molecular formula is C18H22O2. The second kappa shape index (κ2) is 5.43. The second-order valence-corrected chi connectivity index (χ2v) is 5.92. The van der Waals surface area contributed by atoms with E-state index in [1.165, 1.54) is 24.0 Å². The first kappa shape index (κ1) is 13.4. The number of para-hydroxylation sites is 1. The van der Waals surface area contributed by atoms with E-state index in [4.69, 9.17) is 4.74 Å². The Kier molecular flexibility index (Phi) is 3.64. The van der Waals surface area contributed by atoms with Crippen LogP contribution < -0.4 is 4.74 Å². The minimum atomic E-state index is 0.0604. The number of rotatable bonds is 5. The second-order valence-electron chi connectivity index (χ2n) is 5.92. The third kappa shape index (κ3) is 2.07. The van der Waals surface area contributed by atoms with Crippen molar-refractivity contribution in [2.75, 3.05) is 0 Å². The normalized spacial score (nSPS) is 27.1. The van der Waals surface area contributed by atoms with Gasteiger partial charge in [0.1, 0.15) is 17.6 Å². The average molecular weight is 270 g/mol. The van der Waals surface area contributed by atoms with Gasteiger partial charge in [0.25, 0.3) is 0 Å². The van der Waals surface area contributed by atoms with Gasteiger partial charge in [-0.25, -0.2) is 0 Å². The van der Waals surface area contributed by atoms with Crippen LogP contribution in [0, 0.1) is 5.92 Å². The van der Waals surface area contributed by atoms with Crippen LogP contribution >= 0.6 is 0 Å². The molecule has 0 N–H and O–H groups in total. The maximum Gasteiger partial charge on any atom is 0.140 e. The Morgan fingerprint density at radius 3 is 3.05 bits per heavy atom. The third-order valence-corrected chi connectivity index (χ3v) is 4.63. The van der Waals surface area contributed by atoms with Gasteiger partial charge in [0.15, 0.2) is 0 Å². The molecule has 0 unspecified atom stereocenters. The van der Waals surface area contributed by atoms with Crippen molar-refractivity contribution in [3.8, 4) is 5.75 Å². The number of hydrogen-bond acceptors (Lipinski definition) is 2. The molecule has 0 radical (unpaired) electrons. The summed E-state index contributed by atoms with van der Waals surface area (Å²) in [6.07, 6.45) is 6.69. The summed E-state index contributed by atoms with van der Waals surface area (Å²) in [6.45, 7) is 6.00. The van der Waals surface area contributed by atoms with Gasteiger partial charge in [-0.2, -0.15) is 0 Å². The van der Waals surface area contributed by atoms with E-state index < -0.39 is 0 Å². The average Bonchev–Trinajstić information content (AvgIpc) is 2.94. The summed E-state index contributed by atoms with van der Waals surface area (Å²) in [4.78, 5) is 12.1. The number of hydrogen-bond donors (Lipinski definition) is 0. The van der Waals surface area contributed by atoms with Crippen molar-refractivity contribution >= 4 is 5.78 Å². The predicted octanol–water partition coefficient (Wildman–Crippen LogP) is 4.04. The highest BCUT2D eigenvalue weighted by Crippen LogP contribution is 2.51. The predicted molar refractivity (Wildman–Crippen MR) is 80.1 cm³/mol. The van der Waals surface area contributed by atoms with E-state index in [-0.39, 0.29) is 17.9 Å².